The van der Waals surface area contributed by atoms with Gasteiger partial charge in [0.1, 0.15) is 17.1 Å². The van der Waals surface area contributed by atoms with Crippen LogP contribution in [-0.2, 0) is 11.3 Å². The maximum absolute atomic E-state index is 11.7. The molecule has 0 aromatic carbocycles. The summed E-state index contributed by atoms with van der Waals surface area (Å²) in [6.45, 7) is 2.10. The summed E-state index contributed by atoms with van der Waals surface area (Å²) in [6.07, 6.45) is 0.772. The normalized spacial score (nSPS) is 10.4. The maximum atomic E-state index is 11.7. The number of thiophene rings is 1. The third-order valence-corrected chi connectivity index (χ3v) is 3.99. The van der Waals surface area contributed by atoms with Gasteiger partial charge in [-0.15, -0.1) is 0 Å². The highest BCUT2D eigenvalue weighted by atomic mass is 32.1. The van der Waals surface area contributed by atoms with Gasteiger partial charge < -0.3 is 20.2 Å². The molecule has 8 heteroatoms. The summed E-state index contributed by atoms with van der Waals surface area (Å²) in [5, 5.41) is 17.9. The third-order valence-electron chi connectivity index (χ3n) is 3.31. The lowest BCUT2D eigenvalue weighted by Crippen LogP contribution is -2.27. The lowest BCUT2D eigenvalue weighted by Gasteiger charge is -2.05. The van der Waals surface area contributed by atoms with Crippen LogP contribution in [0.15, 0.2) is 27.3 Å². The SMILES string of the molecule is Cc1oc(CNC(=O)CCCNC(=O)c2ccsc2)cc1C(=O)O. The number of rotatable bonds is 8. The van der Waals surface area contributed by atoms with Gasteiger partial charge in [-0.1, -0.05) is 0 Å². The van der Waals surface area contributed by atoms with E-state index >= 15 is 0 Å². The van der Waals surface area contributed by atoms with Gasteiger partial charge >= 0.3 is 5.97 Å². The van der Waals surface area contributed by atoms with Crippen LogP contribution in [0, 0.1) is 6.92 Å². The van der Waals surface area contributed by atoms with Crippen molar-refractivity contribution in [2.75, 3.05) is 6.54 Å². The second-order valence-electron chi connectivity index (χ2n) is 5.14. The molecular weight excluding hydrogens is 332 g/mol. The monoisotopic (exact) mass is 350 g/mol. The minimum Gasteiger partial charge on any atom is -0.478 e. The number of nitrogens with one attached hydrogen (secondary N) is 2. The molecule has 0 aliphatic heterocycles. The average molecular weight is 350 g/mol. The van der Waals surface area contributed by atoms with Gasteiger partial charge in [0.05, 0.1) is 6.54 Å². The predicted molar refractivity (Wildman–Crippen MR) is 88.1 cm³/mol. The third kappa shape index (κ3) is 4.95. The molecule has 24 heavy (non-hydrogen) atoms. The molecule has 0 aliphatic carbocycles. The zero-order chi connectivity index (χ0) is 17.5. The molecule has 2 amide bonds. The van der Waals surface area contributed by atoms with Crippen molar-refractivity contribution in [1.29, 1.82) is 0 Å². The van der Waals surface area contributed by atoms with Crippen molar-refractivity contribution < 1.29 is 23.9 Å². The summed E-state index contributed by atoms with van der Waals surface area (Å²) >= 11 is 1.45. The number of amides is 2. The number of carbonyl (C=O) groups excluding carboxylic acids is 2. The number of aromatic carboxylic acids is 1. The van der Waals surface area contributed by atoms with Crippen LogP contribution in [0.5, 0.6) is 0 Å². The molecule has 0 atom stereocenters. The lowest BCUT2D eigenvalue weighted by molar-refractivity contribution is -0.121. The molecule has 0 spiro atoms. The highest BCUT2D eigenvalue weighted by Crippen LogP contribution is 2.14. The van der Waals surface area contributed by atoms with Gasteiger partial charge in [-0.3, -0.25) is 9.59 Å². The van der Waals surface area contributed by atoms with Crippen LogP contribution in [0.1, 0.15) is 45.1 Å². The fourth-order valence-corrected chi connectivity index (χ4v) is 2.70. The van der Waals surface area contributed by atoms with Crippen molar-refractivity contribution in [2.45, 2.75) is 26.3 Å². The molecule has 0 bridgehead atoms. The van der Waals surface area contributed by atoms with Crippen molar-refractivity contribution in [3.63, 3.8) is 0 Å². The van der Waals surface area contributed by atoms with E-state index in [4.69, 9.17) is 9.52 Å². The minimum absolute atomic E-state index is 0.0930. The smallest absolute Gasteiger partial charge is 0.339 e. The van der Waals surface area contributed by atoms with E-state index in [0.717, 1.165) is 0 Å². The quantitative estimate of drug-likeness (QED) is 0.632. The van der Waals surface area contributed by atoms with Crippen molar-refractivity contribution in [3.05, 3.63) is 45.5 Å². The Labute approximate surface area is 142 Å². The summed E-state index contributed by atoms with van der Waals surface area (Å²) in [6, 6.07) is 3.14. The van der Waals surface area contributed by atoms with Gasteiger partial charge in [-0.05, 0) is 30.9 Å². The van der Waals surface area contributed by atoms with Gasteiger partial charge in [0.2, 0.25) is 5.91 Å². The Balaban J connectivity index is 1.66. The van der Waals surface area contributed by atoms with Gasteiger partial charge in [-0.2, -0.15) is 11.3 Å². The highest BCUT2D eigenvalue weighted by molar-refractivity contribution is 7.08. The molecule has 0 unspecified atom stereocenters. The highest BCUT2D eigenvalue weighted by Gasteiger charge is 2.14. The molecule has 128 valence electrons. The molecular formula is C16H18N2O5S. The number of hydrogen-bond acceptors (Lipinski definition) is 5. The average Bonchev–Trinajstić information content (AvgIpc) is 3.18. The maximum Gasteiger partial charge on any atom is 0.339 e. The van der Waals surface area contributed by atoms with E-state index in [2.05, 4.69) is 10.6 Å². The number of aryl methyl sites for hydroxylation is 1. The standard InChI is InChI=1S/C16H18N2O5S/c1-10-13(16(21)22)7-12(23-10)8-18-14(19)3-2-5-17-15(20)11-4-6-24-9-11/h4,6-7,9H,2-3,5,8H2,1H3,(H,17,20)(H,18,19)(H,21,22). The molecule has 0 aliphatic rings. The summed E-state index contributed by atoms with van der Waals surface area (Å²) in [4.78, 5) is 34.3. The van der Waals surface area contributed by atoms with Crippen molar-refractivity contribution in [1.82, 2.24) is 10.6 Å². The Morgan fingerprint density at radius 3 is 2.71 bits per heavy atom. The minimum atomic E-state index is -1.06. The van der Waals surface area contributed by atoms with E-state index in [1.165, 1.54) is 17.4 Å². The fourth-order valence-electron chi connectivity index (χ4n) is 2.06. The number of hydrogen-bond donors (Lipinski definition) is 3. The van der Waals surface area contributed by atoms with Gasteiger partial charge in [-0.25, -0.2) is 4.79 Å². The van der Waals surface area contributed by atoms with Crippen molar-refractivity contribution in [2.24, 2.45) is 0 Å². The van der Waals surface area contributed by atoms with E-state index in [1.54, 1.807) is 18.4 Å². The Morgan fingerprint density at radius 2 is 2.08 bits per heavy atom. The Morgan fingerprint density at radius 1 is 1.29 bits per heavy atom. The summed E-state index contributed by atoms with van der Waals surface area (Å²) < 4.78 is 5.27. The van der Waals surface area contributed by atoms with Crippen molar-refractivity contribution in [3.8, 4) is 0 Å². The fraction of sp³-hybridized carbons (Fsp3) is 0.312. The van der Waals surface area contributed by atoms with E-state index in [9.17, 15) is 14.4 Å². The zero-order valence-electron chi connectivity index (χ0n) is 13.1. The van der Waals surface area contributed by atoms with Crippen LogP contribution >= 0.6 is 11.3 Å². The Hall–Kier alpha value is -2.61. The zero-order valence-corrected chi connectivity index (χ0v) is 13.9. The van der Waals surface area contributed by atoms with E-state index in [-0.39, 0.29) is 30.3 Å². The molecule has 0 fully saturated rings. The van der Waals surface area contributed by atoms with Crippen LogP contribution in [0.2, 0.25) is 0 Å². The molecule has 2 aromatic rings. The first-order valence-electron chi connectivity index (χ1n) is 7.37. The van der Waals surface area contributed by atoms with E-state index < -0.39 is 5.97 Å². The topological polar surface area (TPSA) is 109 Å². The second kappa shape index (κ2) is 8.30. The van der Waals surface area contributed by atoms with Crippen molar-refractivity contribution >= 4 is 29.1 Å². The van der Waals surface area contributed by atoms with Crippen LogP contribution in [-0.4, -0.2) is 29.4 Å². The Kier molecular flexibility index (Phi) is 6.14. The molecule has 2 aromatic heterocycles. The predicted octanol–water partition coefficient (Wildman–Crippen LogP) is 2.17. The first-order valence-corrected chi connectivity index (χ1v) is 8.31. The van der Waals surface area contributed by atoms with Crippen LogP contribution < -0.4 is 10.6 Å². The van der Waals surface area contributed by atoms with Crippen LogP contribution in [0.25, 0.3) is 0 Å². The number of carboxylic acid groups (broad SMARTS) is 1. The molecule has 0 saturated heterocycles. The number of carbonyl (C=O) groups is 3. The van der Waals surface area contributed by atoms with Gasteiger partial charge in [0, 0.05) is 23.9 Å². The molecule has 7 nitrogen and oxygen atoms in total. The van der Waals surface area contributed by atoms with Gasteiger partial charge in [0.25, 0.3) is 5.91 Å². The molecule has 2 rings (SSSR count). The van der Waals surface area contributed by atoms with E-state index in [1.807, 2.05) is 5.38 Å². The van der Waals surface area contributed by atoms with Crippen LogP contribution in [0.4, 0.5) is 0 Å². The summed E-state index contributed by atoms with van der Waals surface area (Å²) in [5.41, 5.74) is 0.710. The second-order valence-corrected chi connectivity index (χ2v) is 5.92. The largest absolute Gasteiger partial charge is 0.478 e. The Bertz CT molecular complexity index is 721. The molecule has 3 N–H and O–H groups in total. The first-order chi connectivity index (χ1) is 11.5. The van der Waals surface area contributed by atoms with Crippen LogP contribution in [0.3, 0.4) is 0 Å². The lowest BCUT2D eigenvalue weighted by atomic mass is 10.2. The summed E-state index contributed by atoms with van der Waals surface area (Å²) in [7, 11) is 0. The first kappa shape index (κ1) is 17.7. The molecule has 0 saturated carbocycles. The molecule has 0 radical (unpaired) electrons. The molecule has 2 heterocycles. The summed E-state index contributed by atoms with van der Waals surface area (Å²) in [5.74, 6) is -0.697. The number of furan rings is 1. The number of carboxylic acids is 1. The van der Waals surface area contributed by atoms with E-state index in [0.29, 0.717) is 30.0 Å². The van der Waals surface area contributed by atoms with Gasteiger partial charge in [0.15, 0.2) is 0 Å².